The van der Waals surface area contributed by atoms with E-state index in [1.807, 2.05) is 0 Å². The fourth-order valence-electron chi connectivity index (χ4n) is 2.32. The maximum atomic E-state index is 12.2. The molecule has 2 heterocycles. The number of hydrogen-bond acceptors (Lipinski definition) is 4. The van der Waals surface area contributed by atoms with Crippen LogP contribution in [0.4, 0.5) is 0 Å². The second kappa shape index (κ2) is 4.01. The minimum atomic E-state index is -0.621. The van der Waals surface area contributed by atoms with Gasteiger partial charge in [0.05, 0.1) is 11.1 Å². The van der Waals surface area contributed by atoms with Crippen molar-refractivity contribution in [2.45, 2.75) is 19.3 Å². The number of hydrazine groups is 1. The largest absolute Gasteiger partial charge is 0.281 e. The molecule has 6 nitrogen and oxygen atoms in total. The van der Waals surface area contributed by atoms with Crippen molar-refractivity contribution < 1.29 is 19.2 Å². The molecular weight excluding hydrogens is 248 g/mol. The lowest BCUT2D eigenvalue weighted by atomic mass is 10.1. The van der Waals surface area contributed by atoms with Crippen LogP contribution in [0.1, 0.15) is 40.0 Å². The van der Waals surface area contributed by atoms with Crippen LogP contribution >= 0.6 is 0 Å². The van der Waals surface area contributed by atoms with Gasteiger partial charge in [0.25, 0.3) is 11.8 Å². The van der Waals surface area contributed by atoms with E-state index in [9.17, 15) is 19.2 Å². The first-order chi connectivity index (χ1) is 9.11. The Morgan fingerprint density at radius 1 is 0.737 bits per heavy atom. The van der Waals surface area contributed by atoms with E-state index in [1.165, 1.54) is 12.1 Å². The average Bonchev–Trinajstić information content (AvgIpc) is 2.64. The van der Waals surface area contributed by atoms with Gasteiger partial charge in [0, 0.05) is 12.8 Å². The van der Waals surface area contributed by atoms with E-state index in [-0.39, 0.29) is 24.0 Å². The molecule has 0 aromatic heterocycles. The summed E-state index contributed by atoms with van der Waals surface area (Å²) in [5.74, 6) is -2.26. The van der Waals surface area contributed by atoms with E-state index in [0.717, 1.165) is 0 Å². The van der Waals surface area contributed by atoms with Crippen LogP contribution in [0.3, 0.4) is 0 Å². The Labute approximate surface area is 108 Å². The summed E-state index contributed by atoms with van der Waals surface area (Å²) >= 11 is 0. The summed E-state index contributed by atoms with van der Waals surface area (Å²) in [6.45, 7) is 0. The summed E-state index contributed by atoms with van der Waals surface area (Å²) in [4.78, 5) is 47.9. The summed E-state index contributed by atoms with van der Waals surface area (Å²) in [6, 6.07) is 6.28. The van der Waals surface area contributed by atoms with Crippen molar-refractivity contribution in [2.75, 3.05) is 0 Å². The summed E-state index contributed by atoms with van der Waals surface area (Å²) in [7, 11) is 0. The van der Waals surface area contributed by atoms with E-state index in [1.54, 1.807) is 12.1 Å². The van der Waals surface area contributed by atoms with E-state index >= 15 is 0 Å². The lowest BCUT2D eigenvalue weighted by Gasteiger charge is -2.30. The highest BCUT2D eigenvalue weighted by Gasteiger charge is 2.44. The van der Waals surface area contributed by atoms with Crippen LogP contribution < -0.4 is 0 Å². The molecule has 1 aromatic carbocycles. The Bertz CT molecular complexity index is 572. The van der Waals surface area contributed by atoms with Gasteiger partial charge in [-0.1, -0.05) is 12.1 Å². The quantitative estimate of drug-likeness (QED) is 0.696. The van der Waals surface area contributed by atoms with Crippen LogP contribution in [0.15, 0.2) is 24.3 Å². The molecule has 1 aromatic rings. The molecule has 4 amide bonds. The van der Waals surface area contributed by atoms with Gasteiger partial charge in [-0.15, -0.1) is 0 Å². The first kappa shape index (κ1) is 11.6. The molecule has 19 heavy (non-hydrogen) atoms. The SMILES string of the molecule is O=C1CCCC(=O)N1N1C(=O)c2ccccc2C1=O. The van der Waals surface area contributed by atoms with Gasteiger partial charge in [-0.25, -0.2) is 0 Å². The minimum absolute atomic E-state index is 0.166. The molecule has 0 N–H and O–H groups in total. The number of nitrogens with zero attached hydrogens (tertiary/aromatic N) is 2. The Morgan fingerprint density at radius 2 is 1.21 bits per heavy atom. The van der Waals surface area contributed by atoms with Crippen molar-refractivity contribution in [3.63, 3.8) is 0 Å². The van der Waals surface area contributed by atoms with Gasteiger partial charge < -0.3 is 0 Å². The molecule has 0 unspecified atom stereocenters. The second-order valence-electron chi connectivity index (χ2n) is 4.42. The molecule has 3 rings (SSSR count). The predicted octanol–water partition coefficient (Wildman–Crippen LogP) is 0.737. The molecule has 0 saturated carbocycles. The van der Waals surface area contributed by atoms with E-state index in [4.69, 9.17) is 0 Å². The average molecular weight is 258 g/mol. The summed E-state index contributed by atoms with van der Waals surface area (Å²) < 4.78 is 0. The molecule has 0 atom stereocenters. The highest BCUT2D eigenvalue weighted by Crippen LogP contribution is 2.26. The third kappa shape index (κ3) is 1.56. The summed E-state index contributed by atoms with van der Waals surface area (Å²) in [6.07, 6.45) is 0.787. The molecule has 2 aliphatic rings. The van der Waals surface area contributed by atoms with Gasteiger partial charge in [-0.05, 0) is 18.6 Å². The van der Waals surface area contributed by atoms with Crippen LogP contribution in [0.5, 0.6) is 0 Å². The number of hydrogen-bond donors (Lipinski definition) is 0. The normalized spacial score (nSPS) is 19.2. The first-order valence-electron chi connectivity index (χ1n) is 5.95. The zero-order chi connectivity index (χ0) is 13.6. The van der Waals surface area contributed by atoms with Gasteiger partial charge in [-0.3, -0.25) is 19.2 Å². The van der Waals surface area contributed by atoms with Crippen molar-refractivity contribution in [3.05, 3.63) is 35.4 Å². The molecule has 0 radical (unpaired) electrons. The zero-order valence-corrected chi connectivity index (χ0v) is 9.96. The second-order valence-corrected chi connectivity index (χ2v) is 4.42. The van der Waals surface area contributed by atoms with Gasteiger partial charge in [0.2, 0.25) is 11.8 Å². The minimum Gasteiger partial charge on any atom is -0.273 e. The van der Waals surface area contributed by atoms with Crippen LogP contribution in [0.2, 0.25) is 0 Å². The Kier molecular flexibility index (Phi) is 2.45. The molecule has 0 aliphatic carbocycles. The standard InChI is InChI=1S/C13H10N2O4/c16-10-6-3-7-11(17)14(10)15-12(18)8-4-1-2-5-9(8)13(15)19/h1-2,4-5H,3,6-7H2. The molecular formula is C13H10N2O4. The fraction of sp³-hybridized carbons (Fsp3) is 0.231. The predicted molar refractivity (Wildman–Crippen MR) is 62.6 cm³/mol. The molecule has 1 saturated heterocycles. The molecule has 1 fully saturated rings. The van der Waals surface area contributed by atoms with E-state index in [0.29, 0.717) is 16.4 Å². The first-order valence-corrected chi connectivity index (χ1v) is 5.95. The fourth-order valence-corrected chi connectivity index (χ4v) is 2.32. The van der Waals surface area contributed by atoms with Crippen molar-refractivity contribution in [3.8, 4) is 0 Å². The van der Waals surface area contributed by atoms with Crippen molar-refractivity contribution >= 4 is 23.6 Å². The summed E-state index contributed by atoms with van der Waals surface area (Å²) in [5.41, 5.74) is 0.442. The number of carbonyl (C=O) groups excluding carboxylic acids is 4. The molecule has 6 heteroatoms. The maximum absolute atomic E-state index is 12.2. The third-order valence-corrected chi connectivity index (χ3v) is 3.23. The number of carbonyl (C=O) groups is 4. The van der Waals surface area contributed by atoms with Gasteiger partial charge in [0.15, 0.2) is 0 Å². The smallest absolute Gasteiger partial charge is 0.273 e. The van der Waals surface area contributed by atoms with Gasteiger partial charge in [-0.2, -0.15) is 10.0 Å². The highest BCUT2D eigenvalue weighted by atomic mass is 16.2. The van der Waals surface area contributed by atoms with E-state index in [2.05, 4.69) is 0 Å². The Hall–Kier alpha value is -2.50. The van der Waals surface area contributed by atoms with Crippen molar-refractivity contribution in [1.82, 2.24) is 10.0 Å². The van der Waals surface area contributed by atoms with Crippen molar-refractivity contribution in [1.29, 1.82) is 0 Å². The van der Waals surface area contributed by atoms with Crippen LogP contribution in [-0.2, 0) is 9.59 Å². The molecule has 0 bridgehead atoms. The Balaban J connectivity index is 2.04. The number of piperidine rings is 1. The van der Waals surface area contributed by atoms with Crippen LogP contribution in [0, 0.1) is 0 Å². The van der Waals surface area contributed by atoms with Gasteiger partial charge in [0.1, 0.15) is 0 Å². The molecule has 2 aliphatic heterocycles. The number of rotatable bonds is 1. The number of imide groups is 2. The zero-order valence-electron chi connectivity index (χ0n) is 9.96. The highest BCUT2D eigenvalue weighted by molar-refractivity contribution is 6.23. The lowest BCUT2D eigenvalue weighted by Crippen LogP contribution is -2.54. The van der Waals surface area contributed by atoms with Gasteiger partial charge >= 0.3 is 0 Å². The van der Waals surface area contributed by atoms with Crippen molar-refractivity contribution in [2.24, 2.45) is 0 Å². The number of amides is 4. The number of fused-ring (bicyclic) bond motifs is 1. The number of benzene rings is 1. The monoisotopic (exact) mass is 258 g/mol. The van der Waals surface area contributed by atoms with E-state index < -0.39 is 23.6 Å². The lowest BCUT2D eigenvalue weighted by molar-refractivity contribution is -0.160. The topological polar surface area (TPSA) is 74.8 Å². The maximum Gasteiger partial charge on any atom is 0.281 e. The molecule has 96 valence electrons. The molecule has 0 spiro atoms. The van der Waals surface area contributed by atoms with Crippen LogP contribution in [-0.4, -0.2) is 33.6 Å². The third-order valence-electron chi connectivity index (χ3n) is 3.23. The summed E-state index contributed by atoms with van der Waals surface area (Å²) in [5, 5.41) is 1.35. The Morgan fingerprint density at radius 3 is 1.68 bits per heavy atom. The van der Waals surface area contributed by atoms with Crippen LogP contribution in [0.25, 0.3) is 0 Å².